The van der Waals surface area contributed by atoms with E-state index in [1.165, 1.54) is 0 Å². The summed E-state index contributed by atoms with van der Waals surface area (Å²) in [6.45, 7) is 0.970. The van der Waals surface area contributed by atoms with Crippen LogP contribution in [0.4, 0.5) is 5.82 Å². The van der Waals surface area contributed by atoms with E-state index in [4.69, 9.17) is 0 Å². The van der Waals surface area contributed by atoms with Crippen molar-refractivity contribution in [2.24, 2.45) is 7.05 Å². The molecule has 0 atom stereocenters. The molecule has 4 heterocycles. The van der Waals surface area contributed by atoms with Crippen LogP contribution in [0.2, 0.25) is 0 Å². The fraction of sp³-hybridized carbons (Fsp3) is 0.167. The fourth-order valence-electron chi connectivity index (χ4n) is 2.63. The third-order valence-electron chi connectivity index (χ3n) is 3.99. The van der Waals surface area contributed by atoms with Crippen molar-refractivity contribution in [2.75, 3.05) is 18.4 Å². The van der Waals surface area contributed by atoms with Gasteiger partial charge in [0.2, 0.25) is 0 Å². The molecule has 2 N–H and O–H groups in total. The topological polar surface area (TPSA) is 103 Å². The third kappa shape index (κ3) is 3.91. The SMILES string of the molecule is Cn1nc(-c2cccs2)cc1C(=O)NCCNc1ccc(-n2cccn2)nn1. The van der Waals surface area contributed by atoms with Crippen molar-refractivity contribution in [2.45, 2.75) is 0 Å². The molecule has 0 saturated carbocycles. The molecule has 0 aromatic carbocycles. The first-order valence-electron chi connectivity index (χ1n) is 8.64. The van der Waals surface area contributed by atoms with Crippen LogP contribution in [0.1, 0.15) is 10.5 Å². The number of anilines is 1. The van der Waals surface area contributed by atoms with Gasteiger partial charge in [-0.1, -0.05) is 6.07 Å². The molecule has 0 aliphatic carbocycles. The summed E-state index contributed by atoms with van der Waals surface area (Å²) in [5.41, 5.74) is 1.32. The first-order chi connectivity index (χ1) is 13.7. The molecule has 4 aromatic heterocycles. The van der Waals surface area contributed by atoms with Crippen molar-refractivity contribution < 1.29 is 4.79 Å². The molecule has 4 aromatic rings. The number of carbonyl (C=O) groups excluding carboxylic acids is 1. The maximum atomic E-state index is 12.4. The van der Waals surface area contributed by atoms with Gasteiger partial charge in [0, 0.05) is 32.5 Å². The molecule has 1 amide bonds. The minimum atomic E-state index is -0.167. The summed E-state index contributed by atoms with van der Waals surface area (Å²) in [7, 11) is 1.76. The van der Waals surface area contributed by atoms with Crippen LogP contribution in [-0.4, -0.2) is 48.8 Å². The highest BCUT2D eigenvalue weighted by Crippen LogP contribution is 2.23. The van der Waals surface area contributed by atoms with Gasteiger partial charge in [0.15, 0.2) is 5.82 Å². The minimum absolute atomic E-state index is 0.167. The number of thiophene rings is 1. The van der Waals surface area contributed by atoms with Crippen molar-refractivity contribution in [3.05, 3.63) is 59.9 Å². The molecule has 0 bridgehead atoms. The average Bonchev–Trinajstić information content (AvgIpc) is 3.47. The maximum absolute atomic E-state index is 12.4. The normalized spacial score (nSPS) is 10.8. The second-order valence-corrected chi connectivity index (χ2v) is 6.87. The van der Waals surface area contributed by atoms with E-state index in [0.717, 1.165) is 10.6 Å². The van der Waals surface area contributed by atoms with Crippen LogP contribution in [0, 0.1) is 0 Å². The minimum Gasteiger partial charge on any atom is -0.367 e. The van der Waals surface area contributed by atoms with Crippen LogP contribution in [0.15, 0.2) is 54.2 Å². The number of amides is 1. The van der Waals surface area contributed by atoms with Crippen LogP contribution in [0.3, 0.4) is 0 Å². The number of rotatable bonds is 7. The van der Waals surface area contributed by atoms with Crippen LogP contribution in [-0.2, 0) is 7.05 Å². The Labute approximate surface area is 165 Å². The summed E-state index contributed by atoms with van der Waals surface area (Å²) in [4.78, 5) is 13.4. The molecule has 0 aliphatic heterocycles. The van der Waals surface area contributed by atoms with Gasteiger partial charge in [0.1, 0.15) is 17.2 Å². The molecule has 0 fully saturated rings. The lowest BCUT2D eigenvalue weighted by Crippen LogP contribution is -2.30. The molecular weight excluding hydrogens is 376 g/mol. The molecule has 0 saturated heterocycles. The molecule has 0 spiro atoms. The first-order valence-corrected chi connectivity index (χ1v) is 9.52. The number of nitrogens with one attached hydrogen (secondary N) is 2. The van der Waals surface area contributed by atoms with E-state index in [2.05, 4.69) is 31.0 Å². The van der Waals surface area contributed by atoms with Gasteiger partial charge in [0.05, 0.1) is 4.88 Å². The van der Waals surface area contributed by atoms with Crippen LogP contribution in [0.25, 0.3) is 16.4 Å². The molecule has 0 aliphatic rings. The number of aromatic nitrogens is 6. The molecule has 142 valence electrons. The highest BCUT2D eigenvalue weighted by atomic mass is 32.1. The quantitative estimate of drug-likeness (QED) is 0.465. The largest absolute Gasteiger partial charge is 0.367 e. The van der Waals surface area contributed by atoms with E-state index in [1.54, 1.807) is 46.2 Å². The molecule has 4 rings (SSSR count). The van der Waals surface area contributed by atoms with Gasteiger partial charge in [0.25, 0.3) is 5.91 Å². The Bertz CT molecular complexity index is 1040. The Morgan fingerprint density at radius 2 is 2.11 bits per heavy atom. The van der Waals surface area contributed by atoms with E-state index in [9.17, 15) is 4.79 Å². The molecular formula is C18H18N8OS. The van der Waals surface area contributed by atoms with Crippen LogP contribution >= 0.6 is 11.3 Å². The number of aryl methyl sites for hydroxylation is 1. The summed E-state index contributed by atoms with van der Waals surface area (Å²) >= 11 is 1.59. The lowest BCUT2D eigenvalue weighted by Gasteiger charge is -2.07. The number of hydrogen-bond acceptors (Lipinski definition) is 7. The average molecular weight is 394 g/mol. The Balaban J connectivity index is 1.28. The number of nitrogens with zero attached hydrogens (tertiary/aromatic N) is 6. The van der Waals surface area contributed by atoms with Gasteiger partial charge < -0.3 is 10.6 Å². The zero-order chi connectivity index (χ0) is 19.3. The van der Waals surface area contributed by atoms with Crippen LogP contribution < -0.4 is 10.6 Å². The van der Waals surface area contributed by atoms with E-state index in [-0.39, 0.29) is 5.91 Å². The summed E-state index contributed by atoms with van der Waals surface area (Å²) in [6.07, 6.45) is 3.48. The molecule has 9 nitrogen and oxygen atoms in total. The van der Waals surface area contributed by atoms with Crippen molar-refractivity contribution >= 4 is 23.1 Å². The van der Waals surface area contributed by atoms with E-state index in [0.29, 0.717) is 30.4 Å². The van der Waals surface area contributed by atoms with Crippen molar-refractivity contribution in [1.82, 2.24) is 35.1 Å². The monoisotopic (exact) mass is 394 g/mol. The number of carbonyl (C=O) groups is 1. The predicted molar refractivity (Wildman–Crippen MR) is 106 cm³/mol. The Morgan fingerprint density at radius 1 is 1.18 bits per heavy atom. The van der Waals surface area contributed by atoms with E-state index in [1.807, 2.05) is 35.7 Å². The van der Waals surface area contributed by atoms with Crippen molar-refractivity contribution in [1.29, 1.82) is 0 Å². The highest BCUT2D eigenvalue weighted by molar-refractivity contribution is 7.13. The molecule has 28 heavy (non-hydrogen) atoms. The third-order valence-corrected chi connectivity index (χ3v) is 4.88. The van der Waals surface area contributed by atoms with Crippen molar-refractivity contribution in [3.63, 3.8) is 0 Å². The first kappa shape index (κ1) is 17.9. The van der Waals surface area contributed by atoms with Gasteiger partial charge in [-0.25, -0.2) is 4.68 Å². The Kier molecular flexibility index (Phi) is 5.11. The lowest BCUT2D eigenvalue weighted by molar-refractivity contribution is 0.0946. The summed E-state index contributed by atoms with van der Waals surface area (Å²) in [5.74, 6) is 1.10. The van der Waals surface area contributed by atoms with Crippen LogP contribution in [0.5, 0.6) is 0 Å². The van der Waals surface area contributed by atoms with Gasteiger partial charge in [-0.05, 0) is 35.7 Å². The number of hydrogen-bond donors (Lipinski definition) is 2. The summed E-state index contributed by atoms with van der Waals surface area (Å²) in [5, 5.41) is 24.7. The van der Waals surface area contributed by atoms with Gasteiger partial charge >= 0.3 is 0 Å². The maximum Gasteiger partial charge on any atom is 0.269 e. The van der Waals surface area contributed by atoms with E-state index >= 15 is 0 Å². The predicted octanol–water partition coefficient (Wildman–Crippen LogP) is 1.97. The lowest BCUT2D eigenvalue weighted by atomic mass is 10.3. The molecule has 0 unspecified atom stereocenters. The second-order valence-electron chi connectivity index (χ2n) is 5.93. The Hall–Kier alpha value is -3.53. The van der Waals surface area contributed by atoms with Gasteiger partial charge in [-0.3, -0.25) is 9.48 Å². The highest BCUT2D eigenvalue weighted by Gasteiger charge is 2.14. The van der Waals surface area contributed by atoms with Gasteiger partial charge in [-0.15, -0.1) is 21.5 Å². The molecule has 10 heteroatoms. The van der Waals surface area contributed by atoms with Crippen molar-refractivity contribution in [3.8, 4) is 16.4 Å². The van der Waals surface area contributed by atoms with Gasteiger partial charge in [-0.2, -0.15) is 10.2 Å². The zero-order valence-corrected chi connectivity index (χ0v) is 15.9. The Morgan fingerprint density at radius 3 is 2.82 bits per heavy atom. The smallest absolute Gasteiger partial charge is 0.269 e. The fourth-order valence-corrected chi connectivity index (χ4v) is 3.31. The molecule has 0 radical (unpaired) electrons. The summed E-state index contributed by atoms with van der Waals surface area (Å²) in [6, 6.07) is 11.2. The summed E-state index contributed by atoms with van der Waals surface area (Å²) < 4.78 is 3.23. The van der Waals surface area contributed by atoms with E-state index < -0.39 is 0 Å². The second kappa shape index (κ2) is 8.01. The zero-order valence-electron chi connectivity index (χ0n) is 15.1. The standard InChI is InChI=1S/C18H18N8OS/c1-25-14(12-13(24-25)15-4-2-11-28-15)18(27)20-9-8-19-16-5-6-17(23-22-16)26-10-3-7-21-26/h2-7,10-12H,8-9H2,1H3,(H,19,22)(H,20,27).